The zero-order valence-corrected chi connectivity index (χ0v) is 43.8. The molecule has 12 heteroatoms. The van der Waals surface area contributed by atoms with Gasteiger partial charge in [-0.15, -0.1) is 0 Å². The average molecular weight is 953 g/mol. The van der Waals surface area contributed by atoms with Crippen LogP contribution in [-0.2, 0) is 57.2 Å². The summed E-state index contributed by atoms with van der Waals surface area (Å²) in [7, 11) is 0. The van der Waals surface area contributed by atoms with Gasteiger partial charge < -0.3 is 28.4 Å². The van der Waals surface area contributed by atoms with Gasteiger partial charge in [-0.3, -0.25) is 28.8 Å². The Kier molecular flexibility index (Phi) is 44.3. The summed E-state index contributed by atoms with van der Waals surface area (Å²) >= 11 is 0. The van der Waals surface area contributed by atoms with Crippen LogP contribution in [0.1, 0.15) is 279 Å². The van der Waals surface area contributed by atoms with E-state index in [1.54, 1.807) is 0 Å². The normalized spacial score (nSPS) is 13.0. The van der Waals surface area contributed by atoms with Crippen molar-refractivity contribution < 1.29 is 57.2 Å². The maximum atomic E-state index is 12.4. The summed E-state index contributed by atoms with van der Waals surface area (Å²) in [4.78, 5) is 73.9. The van der Waals surface area contributed by atoms with Gasteiger partial charge in [-0.2, -0.15) is 0 Å². The first kappa shape index (κ1) is 63.8. The first-order chi connectivity index (χ1) is 32.5. The van der Waals surface area contributed by atoms with Crippen molar-refractivity contribution in [1.29, 1.82) is 0 Å². The van der Waals surface area contributed by atoms with E-state index >= 15 is 0 Å². The first-order valence-electron chi connectivity index (χ1n) is 27.6. The molecule has 0 aliphatic rings. The highest BCUT2D eigenvalue weighted by Gasteiger charge is 2.22. The van der Waals surface area contributed by atoms with Crippen molar-refractivity contribution in [2.45, 2.75) is 304 Å². The molecule has 0 amide bonds. The SMILES string of the molecule is CCCCCCC(CCC(CCCCCCCC(=O)OCCCOC(=O)CCCCCCCC(CCC(CCCCCC)OC(=O)CCC)OC(=O)CCC)OC(=O)CCC)OC(=O)CCC. The van der Waals surface area contributed by atoms with Crippen molar-refractivity contribution in [3.8, 4) is 0 Å². The van der Waals surface area contributed by atoms with Crippen LogP contribution in [0.2, 0.25) is 0 Å². The zero-order chi connectivity index (χ0) is 49.6. The van der Waals surface area contributed by atoms with Gasteiger partial charge in [0.25, 0.3) is 0 Å². The monoisotopic (exact) mass is 953 g/mol. The van der Waals surface area contributed by atoms with Crippen molar-refractivity contribution in [3.05, 3.63) is 0 Å². The molecule has 392 valence electrons. The number of esters is 6. The largest absolute Gasteiger partial charge is 0.466 e. The minimum absolute atomic E-state index is 0.139. The molecule has 0 heterocycles. The second-order valence-electron chi connectivity index (χ2n) is 18.7. The maximum absolute atomic E-state index is 12.4. The van der Waals surface area contributed by atoms with Gasteiger partial charge in [0, 0.05) is 44.9 Å². The third kappa shape index (κ3) is 41.5. The van der Waals surface area contributed by atoms with Crippen LogP contribution in [0, 0.1) is 0 Å². The Morgan fingerprint density at radius 1 is 0.254 bits per heavy atom. The quantitative estimate of drug-likeness (QED) is 0.0323. The minimum Gasteiger partial charge on any atom is -0.466 e. The average Bonchev–Trinajstić information content (AvgIpc) is 3.29. The predicted octanol–water partition coefficient (Wildman–Crippen LogP) is 14.3. The fourth-order valence-electron chi connectivity index (χ4n) is 8.10. The molecule has 0 radical (unpaired) electrons. The summed E-state index contributed by atoms with van der Waals surface area (Å²) in [5.41, 5.74) is 0. The molecule has 0 aromatic carbocycles. The summed E-state index contributed by atoms with van der Waals surface area (Å²) in [5, 5.41) is 0. The molecule has 67 heavy (non-hydrogen) atoms. The summed E-state index contributed by atoms with van der Waals surface area (Å²) in [6.07, 6.45) is 29.2. The molecular formula is C55H100O12. The number of hydrogen-bond acceptors (Lipinski definition) is 12. The Labute approximate surface area is 408 Å². The van der Waals surface area contributed by atoms with Crippen molar-refractivity contribution in [2.75, 3.05) is 13.2 Å². The molecule has 0 aromatic heterocycles. The van der Waals surface area contributed by atoms with Crippen molar-refractivity contribution in [1.82, 2.24) is 0 Å². The molecule has 0 bridgehead atoms. The molecule has 0 rings (SSSR count). The van der Waals surface area contributed by atoms with E-state index in [9.17, 15) is 28.8 Å². The third-order valence-electron chi connectivity index (χ3n) is 12.0. The van der Waals surface area contributed by atoms with E-state index in [4.69, 9.17) is 28.4 Å². The van der Waals surface area contributed by atoms with Crippen molar-refractivity contribution in [3.63, 3.8) is 0 Å². The van der Waals surface area contributed by atoms with Crippen molar-refractivity contribution in [2.24, 2.45) is 0 Å². The molecule has 0 spiro atoms. The molecule has 4 atom stereocenters. The Morgan fingerprint density at radius 2 is 0.507 bits per heavy atom. The van der Waals surface area contributed by atoms with Crippen LogP contribution in [0.25, 0.3) is 0 Å². The predicted molar refractivity (Wildman–Crippen MR) is 266 cm³/mol. The van der Waals surface area contributed by atoms with E-state index < -0.39 is 0 Å². The molecule has 12 nitrogen and oxygen atoms in total. The van der Waals surface area contributed by atoms with Crippen LogP contribution in [0.3, 0.4) is 0 Å². The minimum atomic E-state index is -0.238. The van der Waals surface area contributed by atoms with Gasteiger partial charge >= 0.3 is 35.8 Å². The van der Waals surface area contributed by atoms with Gasteiger partial charge in [-0.05, 0) is 116 Å². The smallest absolute Gasteiger partial charge is 0.306 e. The van der Waals surface area contributed by atoms with E-state index in [2.05, 4.69) is 13.8 Å². The van der Waals surface area contributed by atoms with E-state index in [-0.39, 0.29) is 73.4 Å². The van der Waals surface area contributed by atoms with Crippen LogP contribution < -0.4 is 0 Å². The lowest BCUT2D eigenvalue weighted by Gasteiger charge is -2.22. The number of hydrogen-bond donors (Lipinski definition) is 0. The lowest BCUT2D eigenvalue weighted by Crippen LogP contribution is -2.23. The Balaban J connectivity index is 4.34. The number of rotatable bonds is 48. The number of unbranched alkanes of at least 4 members (excludes halogenated alkanes) is 14. The topological polar surface area (TPSA) is 158 Å². The van der Waals surface area contributed by atoms with Crippen molar-refractivity contribution >= 4 is 35.8 Å². The Morgan fingerprint density at radius 3 is 0.776 bits per heavy atom. The molecule has 0 N–H and O–H groups in total. The van der Waals surface area contributed by atoms with Crippen LogP contribution in [0.4, 0.5) is 0 Å². The van der Waals surface area contributed by atoms with E-state index in [1.165, 1.54) is 12.8 Å². The first-order valence-corrected chi connectivity index (χ1v) is 27.6. The maximum Gasteiger partial charge on any atom is 0.306 e. The fraction of sp³-hybridized carbons (Fsp3) is 0.891. The van der Waals surface area contributed by atoms with Gasteiger partial charge in [0.2, 0.25) is 0 Å². The standard InChI is InChI=1S/C55H100O12/c1-7-13-15-23-34-46(64-52(58)30-9-3)40-42-48(66-54(60)32-11-5)36-25-19-17-21-27-38-50(56)62-44-29-45-63-51(57)39-28-22-18-20-26-37-49(67-55(61)33-12-6)43-41-47(35-24-16-14-8-2)65-53(59)31-10-4/h46-49H,7-45H2,1-6H3. The molecule has 0 aliphatic heterocycles. The van der Waals surface area contributed by atoms with Crippen LogP contribution in [0.15, 0.2) is 0 Å². The number of ether oxygens (including phenoxy) is 6. The number of carbonyl (C=O) groups excluding carboxylic acids is 6. The second-order valence-corrected chi connectivity index (χ2v) is 18.7. The highest BCUT2D eigenvalue weighted by Crippen LogP contribution is 2.23. The molecule has 0 aromatic rings. The number of carbonyl (C=O) groups is 6. The van der Waals surface area contributed by atoms with E-state index in [0.29, 0.717) is 70.6 Å². The van der Waals surface area contributed by atoms with Gasteiger partial charge in [0.15, 0.2) is 0 Å². The highest BCUT2D eigenvalue weighted by atomic mass is 16.6. The molecule has 0 saturated carbocycles. The van der Waals surface area contributed by atoms with Crippen LogP contribution >= 0.6 is 0 Å². The van der Waals surface area contributed by atoms with Gasteiger partial charge in [-0.1, -0.05) is 119 Å². The lowest BCUT2D eigenvalue weighted by atomic mass is 9.99. The summed E-state index contributed by atoms with van der Waals surface area (Å²) in [6.45, 7) is 12.7. The Bertz CT molecular complexity index is 1150. The third-order valence-corrected chi connectivity index (χ3v) is 12.0. The van der Waals surface area contributed by atoms with Crippen LogP contribution in [-0.4, -0.2) is 73.4 Å². The van der Waals surface area contributed by atoms with Gasteiger partial charge in [0.1, 0.15) is 24.4 Å². The van der Waals surface area contributed by atoms with E-state index in [1.807, 2.05) is 27.7 Å². The molecule has 0 fully saturated rings. The zero-order valence-electron chi connectivity index (χ0n) is 43.8. The van der Waals surface area contributed by atoms with E-state index in [0.717, 1.165) is 154 Å². The second kappa shape index (κ2) is 46.5. The molecular weight excluding hydrogens is 853 g/mol. The van der Waals surface area contributed by atoms with Gasteiger partial charge in [0.05, 0.1) is 13.2 Å². The van der Waals surface area contributed by atoms with Gasteiger partial charge in [-0.25, -0.2) is 0 Å². The molecule has 0 aliphatic carbocycles. The highest BCUT2D eigenvalue weighted by molar-refractivity contribution is 5.71. The Hall–Kier alpha value is -3.18. The fourth-order valence-corrected chi connectivity index (χ4v) is 8.10. The summed E-state index contributed by atoms with van der Waals surface area (Å²) < 4.78 is 34.1. The lowest BCUT2D eigenvalue weighted by molar-refractivity contribution is -0.154. The molecule has 4 unspecified atom stereocenters. The van der Waals surface area contributed by atoms with Crippen LogP contribution in [0.5, 0.6) is 0 Å². The summed E-state index contributed by atoms with van der Waals surface area (Å²) in [5.74, 6) is -1.10. The summed E-state index contributed by atoms with van der Waals surface area (Å²) in [6, 6.07) is 0. The molecule has 0 saturated heterocycles.